The molecule has 2 unspecified atom stereocenters. The molecule has 0 bridgehead atoms. The maximum Gasteiger partial charge on any atom is 0.322 e. The molecule has 0 saturated carbocycles. The number of aliphatic carboxylic acids is 1. The number of hydrogen-bond acceptors (Lipinski definition) is 4. The van der Waals surface area contributed by atoms with Crippen molar-refractivity contribution in [1.29, 1.82) is 0 Å². The third-order valence-electron chi connectivity index (χ3n) is 5.65. The van der Waals surface area contributed by atoms with Crippen molar-refractivity contribution < 1.29 is 23.4 Å². The fourth-order valence-corrected chi connectivity index (χ4v) is 4.48. The van der Waals surface area contributed by atoms with Gasteiger partial charge in [0.05, 0.1) is 6.61 Å². The van der Waals surface area contributed by atoms with Gasteiger partial charge < -0.3 is 15.2 Å². The van der Waals surface area contributed by atoms with Gasteiger partial charge in [0.1, 0.15) is 11.8 Å². The Morgan fingerprint density at radius 1 is 1.23 bits per heavy atom. The van der Waals surface area contributed by atoms with E-state index in [4.69, 9.17) is 4.74 Å². The molecule has 1 aromatic rings. The standard InChI is InChI=1S/C22H36N2O5S/c1-2-3-15-24(30(27)28)21(22(25)26)17-19-7-9-20(10-8-19)29-16-5-4-6-18-11-13-23-14-12-18/h7-10,18,21,23H,2-6,11-17H2,1H3,(H,25,26)(H,27,28). The van der Waals surface area contributed by atoms with Crippen LogP contribution in [0.2, 0.25) is 0 Å². The number of carboxylic acid groups (broad SMARTS) is 1. The molecule has 1 heterocycles. The van der Waals surface area contributed by atoms with Gasteiger partial charge in [-0.3, -0.25) is 9.35 Å². The van der Waals surface area contributed by atoms with Crippen LogP contribution in [0, 0.1) is 5.92 Å². The van der Waals surface area contributed by atoms with Crippen LogP contribution in [-0.4, -0.2) is 56.4 Å². The molecular weight excluding hydrogens is 404 g/mol. The summed E-state index contributed by atoms with van der Waals surface area (Å²) in [6.45, 7) is 5.19. The number of benzene rings is 1. The summed E-state index contributed by atoms with van der Waals surface area (Å²) in [6.07, 6.45) is 7.68. The molecule has 2 atom stereocenters. The summed E-state index contributed by atoms with van der Waals surface area (Å²) in [6, 6.07) is 6.31. The second kappa shape index (κ2) is 13.7. The topological polar surface area (TPSA) is 99.1 Å². The number of nitrogens with zero attached hydrogens (tertiary/aromatic N) is 1. The van der Waals surface area contributed by atoms with Gasteiger partial charge in [0.15, 0.2) is 0 Å². The fourth-order valence-electron chi connectivity index (χ4n) is 3.81. The van der Waals surface area contributed by atoms with E-state index in [1.807, 2.05) is 31.2 Å². The van der Waals surface area contributed by atoms with E-state index in [2.05, 4.69) is 5.32 Å². The summed E-state index contributed by atoms with van der Waals surface area (Å²) < 4.78 is 28.1. The number of nitrogens with one attached hydrogen (secondary N) is 1. The van der Waals surface area contributed by atoms with Crippen LogP contribution in [0.3, 0.4) is 0 Å². The van der Waals surface area contributed by atoms with E-state index < -0.39 is 23.3 Å². The molecule has 170 valence electrons. The van der Waals surface area contributed by atoms with Crippen molar-refractivity contribution in [3.63, 3.8) is 0 Å². The van der Waals surface area contributed by atoms with Crippen LogP contribution in [0.5, 0.6) is 5.75 Å². The summed E-state index contributed by atoms with van der Waals surface area (Å²) in [5, 5.41) is 12.9. The largest absolute Gasteiger partial charge is 0.494 e. The van der Waals surface area contributed by atoms with Crippen molar-refractivity contribution in [3.05, 3.63) is 29.8 Å². The monoisotopic (exact) mass is 440 g/mol. The first kappa shape index (κ1) is 24.8. The van der Waals surface area contributed by atoms with Gasteiger partial charge in [0.25, 0.3) is 0 Å². The van der Waals surface area contributed by atoms with E-state index >= 15 is 0 Å². The van der Waals surface area contributed by atoms with Crippen LogP contribution in [0.15, 0.2) is 24.3 Å². The molecule has 1 aliphatic rings. The van der Waals surface area contributed by atoms with Crippen LogP contribution in [0.1, 0.15) is 57.4 Å². The minimum Gasteiger partial charge on any atom is -0.494 e. The Bertz CT molecular complexity index is 649. The summed E-state index contributed by atoms with van der Waals surface area (Å²) >= 11 is -2.32. The molecule has 0 radical (unpaired) electrons. The Morgan fingerprint density at radius 3 is 2.53 bits per heavy atom. The summed E-state index contributed by atoms with van der Waals surface area (Å²) in [5.74, 6) is 0.515. The van der Waals surface area contributed by atoms with E-state index in [1.54, 1.807) is 0 Å². The Balaban J connectivity index is 1.78. The van der Waals surface area contributed by atoms with Crippen molar-refractivity contribution in [1.82, 2.24) is 9.62 Å². The van der Waals surface area contributed by atoms with Gasteiger partial charge in [-0.15, -0.1) is 0 Å². The zero-order chi connectivity index (χ0) is 21.8. The normalized spacial score (nSPS) is 17.0. The van der Waals surface area contributed by atoms with Crippen molar-refractivity contribution in [3.8, 4) is 5.75 Å². The van der Waals surface area contributed by atoms with Gasteiger partial charge in [-0.05, 0) is 75.2 Å². The number of piperidine rings is 1. The molecular formula is C22H36N2O5S. The zero-order valence-corrected chi connectivity index (χ0v) is 18.7. The van der Waals surface area contributed by atoms with Gasteiger partial charge in [0.2, 0.25) is 11.3 Å². The molecule has 1 fully saturated rings. The van der Waals surface area contributed by atoms with Crippen LogP contribution in [-0.2, 0) is 22.5 Å². The SMILES string of the molecule is CCCCN(C(Cc1ccc(OCCCCC2CCNCC2)cc1)C(=O)O)S(=O)O. The third-order valence-corrected chi connectivity index (χ3v) is 6.49. The maximum absolute atomic E-state index is 11.7. The van der Waals surface area contributed by atoms with E-state index in [-0.39, 0.29) is 13.0 Å². The van der Waals surface area contributed by atoms with Crippen LogP contribution in [0.4, 0.5) is 0 Å². The first-order chi connectivity index (χ1) is 14.5. The van der Waals surface area contributed by atoms with Gasteiger partial charge in [-0.1, -0.05) is 31.9 Å². The molecule has 1 aliphatic heterocycles. The molecule has 7 nitrogen and oxygen atoms in total. The number of hydrogen-bond donors (Lipinski definition) is 3. The Kier molecular flexibility index (Phi) is 11.4. The minimum atomic E-state index is -2.32. The molecule has 0 amide bonds. The van der Waals surface area contributed by atoms with Gasteiger partial charge in [0, 0.05) is 6.54 Å². The Labute approximate surface area is 182 Å². The molecule has 1 aromatic carbocycles. The molecule has 0 aliphatic carbocycles. The predicted molar refractivity (Wildman–Crippen MR) is 119 cm³/mol. The number of carboxylic acids is 1. The van der Waals surface area contributed by atoms with E-state index in [0.29, 0.717) is 13.0 Å². The van der Waals surface area contributed by atoms with Crippen molar-refractivity contribution in [2.45, 2.75) is 64.3 Å². The van der Waals surface area contributed by atoms with E-state index in [0.717, 1.165) is 47.5 Å². The lowest BCUT2D eigenvalue weighted by Gasteiger charge is -2.24. The predicted octanol–water partition coefficient (Wildman–Crippen LogP) is 3.47. The average molecular weight is 441 g/mol. The second-order valence-corrected chi connectivity index (χ2v) is 8.90. The average Bonchev–Trinajstić information content (AvgIpc) is 2.74. The number of rotatable bonds is 14. The summed E-state index contributed by atoms with van der Waals surface area (Å²) in [7, 11) is 0. The van der Waals surface area contributed by atoms with Crippen molar-refractivity contribution in [2.24, 2.45) is 5.92 Å². The van der Waals surface area contributed by atoms with E-state index in [1.165, 1.54) is 25.7 Å². The van der Waals surface area contributed by atoms with E-state index in [9.17, 15) is 18.7 Å². The number of carbonyl (C=O) groups is 1. The highest BCUT2D eigenvalue weighted by Crippen LogP contribution is 2.20. The highest BCUT2D eigenvalue weighted by molar-refractivity contribution is 7.76. The molecule has 8 heteroatoms. The van der Waals surface area contributed by atoms with Crippen LogP contribution < -0.4 is 10.1 Å². The molecule has 0 spiro atoms. The quantitative estimate of drug-likeness (QED) is 0.303. The van der Waals surface area contributed by atoms with Crippen molar-refractivity contribution in [2.75, 3.05) is 26.2 Å². The van der Waals surface area contributed by atoms with Crippen LogP contribution >= 0.6 is 0 Å². The number of ether oxygens (including phenoxy) is 1. The van der Waals surface area contributed by atoms with Gasteiger partial charge in [-0.2, -0.15) is 4.31 Å². The van der Waals surface area contributed by atoms with Crippen LogP contribution in [0.25, 0.3) is 0 Å². The maximum atomic E-state index is 11.7. The Hall–Kier alpha value is -1.48. The highest BCUT2D eigenvalue weighted by atomic mass is 32.2. The smallest absolute Gasteiger partial charge is 0.322 e. The lowest BCUT2D eigenvalue weighted by molar-refractivity contribution is -0.141. The molecule has 3 N–H and O–H groups in total. The lowest BCUT2D eigenvalue weighted by atomic mass is 9.93. The minimum absolute atomic E-state index is 0.169. The number of unbranched alkanes of at least 4 members (excludes halogenated alkanes) is 2. The zero-order valence-electron chi connectivity index (χ0n) is 17.9. The van der Waals surface area contributed by atoms with Gasteiger partial charge in [-0.25, -0.2) is 4.21 Å². The Morgan fingerprint density at radius 2 is 1.93 bits per heavy atom. The molecule has 30 heavy (non-hydrogen) atoms. The first-order valence-electron chi connectivity index (χ1n) is 11.0. The lowest BCUT2D eigenvalue weighted by Crippen LogP contribution is -2.44. The fraction of sp³-hybridized carbons (Fsp3) is 0.682. The summed E-state index contributed by atoms with van der Waals surface area (Å²) in [4.78, 5) is 11.7. The molecule has 0 aromatic heterocycles. The molecule has 1 saturated heterocycles. The second-order valence-electron chi connectivity index (χ2n) is 7.96. The highest BCUT2D eigenvalue weighted by Gasteiger charge is 2.29. The summed E-state index contributed by atoms with van der Waals surface area (Å²) in [5.41, 5.74) is 0.799. The third kappa shape index (κ3) is 8.71. The van der Waals surface area contributed by atoms with Crippen molar-refractivity contribution >= 4 is 17.2 Å². The molecule has 2 rings (SSSR count). The first-order valence-corrected chi connectivity index (χ1v) is 12.1. The van der Waals surface area contributed by atoms with Gasteiger partial charge >= 0.3 is 5.97 Å².